The monoisotopic (exact) mass is 382 g/mol. The number of benzene rings is 2. The van der Waals surface area contributed by atoms with Crippen molar-refractivity contribution in [2.75, 3.05) is 0 Å². The Labute approximate surface area is 154 Å². The number of halogens is 2. The quantitative estimate of drug-likeness (QED) is 0.572. The van der Waals surface area contributed by atoms with Crippen LogP contribution in [0.25, 0.3) is 0 Å². The SMILES string of the molecule is CC(SCc1ccccc1)C(=O)N/N=C/c1cc(Cl)cc(Cl)c1O. The van der Waals surface area contributed by atoms with Crippen LogP contribution < -0.4 is 5.43 Å². The first kappa shape index (κ1) is 18.6. The lowest BCUT2D eigenvalue weighted by atomic mass is 10.2. The van der Waals surface area contributed by atoms with Crippen molar-refractivity contribution >= 4 is 47.1 Å². The van der Waals surface area contributed by atoms with Gasteiger partial charge in [0.15, 0.2) is 0 Å². The van der Waals surface area contributed by atoms with Crippen LogP contribution in [0.3, 0.4) is 0 Å². The standard InChI is InChI=1S/C17H16Cl2N2O2S/c1-11(24-10-12-5-3-2-4-6-12)17(23)21-20-9-13-7-14(18)8-15(19)16(13)22/h2-9,11,22H,10H2,1H3,(H,21,23)/b20-9+. The molecule has 2 N–H and O–H groups in total. The van der Waals surface area contributed by atoms with Gasteiger partial charge in [-0.3, -0.25) is 4.79 Å². The molecule has 0 aromatic heterocycles. The van der Waals surface area contributed by atoms with Crippen molar-refractivity contribution in [3.8, 4) is 5.75 Å². The van der Waals surface area contributed by atoms with Gasteiger partial charge in [0, 0.05) is 16.3 Å². The highest BCUT2D eigenvalue weighted by atomic mass is 35.5. The van der Waals surface area contributed by atoms with Crippen molar-refractivity contribution in [3.05, 3.63) is 63.6 Å². The van der Waals surface area contributed by atoms with Crippen LogP contribution in [0.15, 0.2) is 47.6 Å². The van der Waals surface area contributed by atoms with Crippen molar-refractivity contribution in [2.45, 2.75) is 17.9 Å². The van der Waals surface area contributed by atoms with E-state index in [1.807, 2.05) is 37.3 Å². The summed E-state index contributed by atoms with van der Waals surface area (Å²) in [6.07, 6.45) is 1.31. The summed E-state index contributed by atoms with van der Waals surface area (Å²) in [7, 11) is 0. The first-order valence-corrected chi connectivity index (χ1v) is 8.94. The van der Waals surface area contributed by atoms with E-state index in [-0.39, 0.29) is 21.9 Å². The van der Waals surface area contributed by atoms with Crippen LogP contribution in [0.4, 0.5) is 0 Å². The summed E-state index contributed by atoms with van der Waals surface area (Å²) in [5.41, 5.74) is 3.93. The highest BCUT2D eigenvalue weighted by Crippen LogP contribution is 2.29. The van der Waals surface area contributed by atoms with Crippen LogP contribution >= 0.6 is 35.0 Å². The number of nitrogens with one attached hydrogen (secondary N) is 1. The van der Waals surface area contributed by atoms with E-state index in [9.17, 15) is 9.90 Å². The minimum Gasteiger partial charge on any atom is -0.506 e. The molecule has 1 amide bonds. The Morgan fingerprint density at radius 3 is 2.75 bits per heavy atom. The minimum atomic E-state index is -0.265. The van der Waals surface area contributed by atoms with Crippen LogP contribution in [-0.4, -0.2) is 22.5 Å². The van der Waals surface area contributed by atoms with Crippen molar-refractivity contribution < 1.29 is 9.90 Å². The van der Waals surface area contributed by atoms with Crippen LogP contribution in [0.1, 0.15) is 18.1 Å². The van der Waals surface area contributed by atoms with E-state index >= 15 is 0 Å². The maximum atomic E-state index is 12.0. The molecule has 0 fully saturated rings. The van der Waals surface area contributed by atoms with Crippen LogP contribution in [0.2, 0.25) is 10.0 Å². The first-order chi connectivity index (χ1) is 11.5. The molecule has 0 bridgehead atoms. The fourth-order valence-electron chi connectivity index (χ4n) is 1.81. The van der Waals surface area contributed by atoms with E-state index in [4.69, 9.17) is 23.2 Å². The number of carbonyl (C=O) groups is 1. The fourth-order valence-corrected chi connectivity index (χ4v) is 3.16. The molecule has 24 heavy (non-hydrogen) atoms. The van der Waals surface area contributed by atoms with Gasteiger partial charge in [-0.1, -0.05) is 53.5 Å². The second-order valence-corrected chi connectivity index (χ2v) is 7.17. The zero-order valence-electron chi connectivity index (χ0n) is 12.9. The van der Waals surface area contributed by atoms with Gasteiger partial charge >= 0.3 is 0 Å². The molecule has 2 aromatic carbocycles. The summed E-state index contributed by atoms with van der Waals surface area (Å²) in [5.74, 6) is 0.384. The number of rotatable bonds is 6. The lowest BCUT2D eigenvalue weighted by molar-refractivity contribution is -0.120. The van der Waals surface area contributed by atoms with Gasteiger partial charge in [-0.25, -0.2) is 5.43 Å². The van der Waals surface area contributed by atoms with Crippen LogP contribution in [0, 0.1) is 0 Å². The summed E-state index contributed by atoms with van der Waals surface area (Å²) in [4.78, 5) is 12.0. The highest BCUT2D eigenvalue weighted by Gasteiger charge is 2.13. The summed E-state index contributed by atoms with van der Waals surface area (Å²) >= 11 is 13.2. The van der Waals surface area contributed by atoms with Gasteiger partial charge in [-0.05, 0) is 24.6 Å². The van der Waals surface area contributed by atoms with E-state index in [0.29, 0.717) is 10.6 Å². The minimum absolute atomic E-state index is 0.127. The maximum absolute atomic E-state index is 12.0. The number of aromatic hydroxyl groups is 1. The second kappa shape index (κ2) is 8.97. The van der Waals surface area contributed by atoms with Gasteiger partial charge in [-0.15, -0.1) is 11.8 Å². The van der Waals surface area contributed by atoms with E-state index in [0.717, 1.165) is 11.3 Å². The zero-order valence-corrected chi connectivity index (χ0v) is 15.2. The normalized spacial score (nSPS) is 12.3. The molecule has 7 heteroatoms. The number of amides is 1. The molecule has 0 aliphatic carbocycles. The van der Waals surface area contributed by atoms with Crippen LogP contribution in [-0.2, 0) is 10.5 Å². The molecule has 0 aliphatic heterocycles. The smallest absolute Gasteiger partial charge is 0.252 e. The number of hydrazone groups is 1. The van der Waals surface area contributed by atoms with Gasteiger partial charge in [-0.2, -0.15) is 5.10 Å². The highest BCUT2D eigenvalue weighted by molar-refractivity contribution is 7.99. The third-order valence-electron chi connectivity index (χ3n) is 3.15. The Kier molecular flexibility index (Phi) is 6.97. The topological polar surface area (TPSA) is 61.7 Å². The number of nitrogens with zero attached hydrogens (tertiary/aromatic N) is 1. The largest absolute Gasteiger partial charge is 0.506 e. The van der Waals surface area contributed by atoms with Crippen molar-refractivity contribution in [1.29, 1.82) is 0 Å². The summed E-state index contributed by atoms with van der Waals surface area (Å²) < 4.78 is 0. The summed E-state index contributed by atoms with van der Waals surface area (Å²) in [6, 6.07) is 12.9. The maximum Gasteiger partial charge on any atom is 0.252 e. The molecule has 0 heterocycles. The van der Waals surface area contributed by atoms with Crippen molar-refractivity contribution in [1.82, 2.24) is 5.43 Å². The molecule has 1 unspecified atom stereocenters. The molecule has 0 spiro atoms. The molecule has 1 atom stereocenters. The molecular formula is C17H16Cl2N2O2S. The molecular weight excluding hydrogens is 367 g/mol. The second-order valence-electron chi connectivity index (χ2n) is 5.00. The van der Waals surface area contributed by atoms with Gasteiger partial charge < -0.3 is 5.11 Å². The molecule has 126 valence electrons. The Bertz CT molecular complexity index is 739. The van der Waals surface area contributed by atoms with Gasteiger partial charge in [0.2, 0.25) is 0 Å². The number of phenols is 1. The molecule has 4 nitrogen and oxygen atoms in total. The Morgan fingerprint density at radius 1 is 1.33 bits per heavy atom. The molecule has 0 radical (unpaired) electrons. The van der Waals surface area contributed by atoms with Crippen molar-refractivity contribution in [2.24, 2.45) is 5.10 Å². The Hall–Kier alpha value is -1.69. The molecule has 2 rings (SSSR count). The van der Waals surface area contributed by atoms with Gasteiger partial charge in [0.05, 0.1) is 16.5 Å². The van der Waals surface area contributed by atoms with E-state index in [1.165, 1.54) is 30.1 Å². The predicted molar refractivity (Wildman–Crippen MR) is 101 cm³/mol. The third kappa shape index (κ3) is 5.44. The number of hydrogen-bond acceptors (Lipinski definition) is 4. The molecule has 0 saturated heterocycles. The molecule has 2 aromatic rings. The van der Waals surface area contributed by atoms with E-state index in [2.05, 4.69) is 10.5 Å². The average molecular weight is 383 g/mol. The third-order valence-corrected chi connectivity index (χ3v) is 4.87. The first-order valence-electron chi connectivity index (χ1n) is 7.14. The molecule has 0 saturated carbocycles. The number of thioether (sulfide) groups is 1. The fraction of sp³-hybridized carbons (Fsp3) is 0.176. The summed E-state index contributed by atoms with van der Waals surface area (Å²) in [5, 5.41) is 13.9. The van der Waals surface area contributed by atoms with Crippen LogP contribution in [0.5, 0.6) is 5.75 Å². The zero-order chi connectivity index (χ0) is 17.5. The van der Waals surface area contributed by atoms with Crippen molar-refractivity contribution in [3.63, 3.8) is 0 Å². The number of carbonyl (C=O) groups excluding carboxylic acids is 1. The van der Waals surface area contributed by atoms with Gasteiger partial charge in [0.25, 0.3) is 5.91 Å². The lowest BCUT2D eigenvalue weighted by Gasteiger charge is -2.09. The van der Waals surface area contributed by atoms with Gasteiger partial charge in [0.1, 0.15) is 5.75 Å². The lowest BCUT2D eigenvalue weighted by Crippen LogP contribution is -2.27. The Morgan fingerprint density at radius 2 is 2.04 bits per heavy atom. The summed E-state index contributed by atoms with van der Waals surface area (Å²) in [6.45, 7) is 1.81. The van der Waals surface area contributed by atoms with E-state index < -0.39 is 0 Å². The number of phenolic OH excluding ortho intramolecular Hbond substituents is 1. The average Bonchev–Trinajstić information content (AvgIpc) is 2.57. The number of hydrogen-bond donors (Lipinski definition) is 2. The Balaban J connectivity index is 1.88. The molecule has 0 aliphatic rings. The predicted octanol–water partition coefficient (Wildman–Crippen LogP) is 4.47. The van der Waals surface area contributed by atoms with E-state index in [1.54, 1.807) is 0 Å².